The first-order chi connectivity index (χ1) is 10.0. The van der Waals surface area contributed by atoms with Crippen LogP contribution in [0, 0.1) is 20.8 Å². The lowest BCUT2D eigenvalue weighted by Crippen LogP contribution is -2.15. The molecule has 0 saturated carbocycles. The van der Waals surface area contributed by atoms with Gasteiger partial charge in [0.05, 0.1) is 10.6 Å². The van der Waals surface area contributed by atoms with Crippen molar-refractivity contribution in [3.8, 4) is 0 Å². The lowest BCUT2D eigenvalue weighted by atomic mass is 10.1. The van der Waals surface area contributed by atoms with Crippen molar-refractivity contribution in [2.75, 3.05) is 4.72 Å². The molecule has 0 unspecified atom stereocenters. The number of halogens is 1. The van der Waals surface area contributed by atoms with Crippen LogP contribution in [-0.4, -0.2) is 16.8 Å². The van der Waals surface area contributed by atoms with E-state index in [0.29, 0.717) is 11.1 Å². The van der Waals surface area contributed by atoms with E-state index in [1.807, 2.05) is 0 Å². The van der Waals surface area contributed by atoms with Gasteiger partial charge >= 0.3 is 0 Å². The van der Waals surface area contributed by atoms with Crippen molar-refractivity contribution < 1.29 is 16.8 Å². The third kappa shape index (κ3) is 3.29. The molecule has 0 amide bonds. The van der Waals surface area contributed by atoms with Crippen LogP contribution in [-0.2, 0) is 19.1 Å². The molecule has 0 atom stereocenters. The first-order valence-corrected chi connectivity index (χ1v) is 10.8. The minimum absolute atomic E-state index is 0.0661. The average molecular weight is 380 g/mol. The topological polar surface area (TPSA) is 80.3 Å². The molecule has 0 bridgehead atoms. The number of benzene rings is 1. The first-order valence-electron chi connectivity index (χ1n) is 6.16. The maximum absolute atomic E-state index is 12.3. The second-order valence-corrected chi connectivity index (χ2v) is 10.2. The van der Waals surface area contributed by atoms with E-state index in [-0.39, 0.29) is 20.4 Å². The van der Waals surface area contributed by atoms with Crippen LogP contribution in [0.4, 0.5) is 5.69 Å². The standard InChI is InChI=1S/C13H14ClNO4S3/c1-8-7-9(2)13(21(14,16)17)10(3)12(8)15-22(18,19)11-5-4-6-20-11/h4-7,15H,1-3H3. The molecular formula is C13H14ClNO4S3. The molecule has 0 aliphatic carbocycles. The van der Waals surface area contributed by atoms with E-state index in [2.05, 4.69) is 4.72 Å². The van der Waals surface area contributed by atoms with E-state index in [0.717, 1.165) is 11.3 Å². The summed E-state index contributed by atoms with van der Waals surface area (Å²) in [5.74, 6) is 0. The fourth-order valence-electron chi connectivity index (χ4n) is 2.30. The molecule has 1 N–H and O–H groups in total. The molecule has 0 spiro atoms. The molecule has 2 rings (SSSR count). The SMILES string of the molecule is Cc1cc(C)c(S(=O)(=O)Cl)c(C)c1NS(=O)(=O)c1cccs1. The molecular weight excluding hydrogens is 366 g/mol. The summed E-state index contributed by atoms with van der Waals surface area (Å²) in [5, 5.41) is 1.65. The Hall–Kier alpha value is -1.09. The Bertz CT molecular complexity index is 917. The molecule has 0 radical (unpaired) electrons. The average Bonchev–Trinajstić information content (AvgIpc) is 2.86. The second kappa shape index (κ2) is 5.84. The minimum atomic E-state index is -3.97. The third-order valence-corrected chi connectivity index (χ3v) is 7.47. The number of rotatable bonds is 4. The van der Waals surface area contributed by atoms with Gasteiger partial charge in [0, 0.05) is 10.7 Å². The maximum atomic E-state index is 12.3. The number of hydrogen-bond acceptors (Lipinski definition) is 5. The van der Waals surface area contributed by atoms with E-state index in [9.17, 15) is 16.8 Å². The number of thiophene rings is 1. The van der Waals surface area contributed by atoms with Gasteiger partial charge in [-0.15, -0.1) is 11.3 Å². The smallest absolute Gasteiger partial charge is 0.271 e. The molecule has 0 aliphatic rings. The summed E-state index contributed by atoms with van der Waals surface area (Å²) in [4.78, 5) is -0.0661. The Labute approximate surface area is 138 Å². The lowest BCUT2D eigenvalue weighted by Gasteiger charge is -2.16. The van der Waals surface area contributed by atoms with Crippen LogP contribution in [0.2, 0.25) is 0 Å². The summed E-state index contributed by atoms with van der Waals surface area (Å²) in [6.45, 7) is 4.85. The highest BCUT2D eigenvalue weighted by Gasteiger charge is 2.24. The molecule has 0 fully saturated rings. The predicted molar refractivity (Wildman–Crippen MR) is 88.8 cm³/mol. The molecule has 120 valence electrons. The summed E-state index contributed by atoms with van der Waals surface area (Å²) in [6, 6.07) is 4.70. The van der Waals surface area contributed by atoms with Crippen LogP contribution >= 0.6 is 22.0 Å². The van der Waals surface area contributed by atoms with Gasteiger partial charge < -0.3 is 0 Å². The Morgan fingerprint density at radius 1 is 1.09 bits per heavy atom. The van der Waals surface area contributed by atoms with Crippen LogP contribution in [0.5, 0.6) is 0 Å². The highest BCUT2D eigenvalue weighted by Crippen LogP contribution is 2.33. The summed E-state index contributed by atoms with van der Waals surface area (Å²) in [7, 11) is -2.27. The van der Waals surface area contributed by atoms with Crippen LogP contribution in [0.15, 0.2) is 32.7 Å². The molecule has 2 aromatic rings. The Morgan fingerprint density at radius 3 is 2.23 bits per heavy atom. The van der Waals surface area contributed by atoms with E-state index in [1.54, 1.807) is 31.4 Å². The fourth-order valence-corrected chi connectivity index (χ4v) is 6.11. The van der Waals surface area contributed by atoms with Gasteiger partial charge in [-0.1, -0.05) is 12.1 Å². The van der Waals surface area contributed by atoms with E-state index >= 15 is 0 Å². The van der Waals surface area contributed by atoms with Crippen LogP contribution in [0.1, 0.15) is 16.7 Å². The minimum Gasteiger partial charge on any atom is -0.278 e. The Kier molecular flexibility index (Phi) is 4.59. The summed E-state index contributed by atoms with van der Waals surface area (Å²) >= 11 is 1.08. The molecule has 1 heterocycles. The van der Waals surface area contributed by atoms with Gasteiger partial charge in [-0.3, -0.25) is 4.72 Å². The Morgan fingerprint density at radius 2 is 1.73 bits per heavy atom. The zero-order valence-electron chi connectivity index (χ0n) is 12.0. The van der Waals surface area contributed by atoms with Crippen LogP contribution in [0.25, 0.3) is 0 Å². The Balaban J connectivity index is 2.63. The third-order valence-electron chi connectivity index (χ3n) is 3.14. The normalized spacial score (nSPS) is 12.4. The van der Waals surface area contributed by atoms with Crippen molar-refractivity contribution in [1.29, 1.82) is 0 Å². The van der Waals surface area contributed by atoms with Gasteiger partial charge in [-0.2, -0.15) is 0 Å². The zero-order valence-corrected chi connectivity index (χ0v) is 15.3. The quantitative estimate of drug-likeness (QED) is 0.825. The van der Waals surface area contributed by atoms with Crippen molar-refractivity contribution >= 4 is 46.8 Å². The van der Waals surface area contributed by atoms with E-state index < -0.39 is 19.1 Å². The van der Waals surface area contributed by atoms with Gasteiger partial charge in [0.2, 0.25) is 0 Å². The van der Waals surface area contributed by atoms with Gasteiger partial charge in [-0.25, -0.2) is 16.8 Å². The predicted octanol–water partition coefficient (Wildman–Crippen LogP) is 3.40. The van der Waals surface area contributed by atoms with Crippen LogP contribution < -0.4 is 4.72 Å². The highest BCUT2D eigenvalue weighted by atomic mass is 35.7. The molecule has 5 nitrogen and oxygen atoms in total. The monoisotopic (exact) mass is 379 g/mol. The lowest BCUT2D eigenvalue weighted by molar-refractivity contribution is 0.602. The molecule has 0 saturated heterocycles. The number of aryl methyl sites for hydroxylation is 2. The van der Waals surface area contributed by atoms with Crippen molar-refractivity contribution in [2.45, 2.75) is 29.9 Å². The highest BCUT2D eigenvalue weighted by molar-refractivity contribution is 8.13. The summed E-state index contributed by atoms with van der Waals surface area (Å²) in [5.41, 5.74) is 1.62. The number of hydrogen-bond donors (Lipinski definition) is 1. The van der Waals surface area contributed by atoms with Gasteiger partial charge in [0.25, 0.3) is 19.1 Å². The van der Waals surface area contributed by atoms with Crippen LogP contribution in [0.3, 0.4) is 0 Å². The largest absolute Gasteiger partial charge is 0.278 e. The fraction of sp³-hybridized carbons (Fsp3) is 0.231. The summed E-state index contributed by atoms with van der Waals surface area (Å²) in [6.07, 6.45) is 0. The van der Waals surface area contributed by atoms with Crippen molar-refractivity contribution in [2.24, 2.45) is 0 Å². The molecule has 22 heavy (non-hydrogen) atoms. The van der Waals surface area contributed by atoms with Gasteiger partial charge in [0.15, 0.2) is 0 Å². The number of anilines is 1. The van der Waals surface area contributed by atoms with E-state index in [4.69, 9.17) is 10.7 Å². The number of nitrogens with one attached hydrogen (secondary N) is 1. The van der Waals surface area contributed by atoms with Gasteiger partial charge in [0.1, 0.15) is 4.21 Å². The zero-order chi connectivity index (χ0) is 16.7. The summed E-state index contributed by atoms with van der Waals surface area (Å²) < 4.78 is 50.7. The maximum Gasteiger partial charge on any atom is 0.271 e. The van der Waals surface area contributed by atoms with Crippen molar-refractivity contribution in [1.82, 2.24) is 0 Å². The van der Waals surface area contributed by atoms with Gasteiger partial charge in [-0.05, 0) is 48.9 Å². The number of sulfonamides is 1. The van der Waals surface area contributed by atoms with E-state index in [1.165, 1.54) is 13.0 Å². The second-order valence-electron chi connectivity index (χ2n) is 4.81. The van der Waals surface area contributed by atoms with Crippen molar-refractivity contribution in [3.05, 3.63) is 40.3 Å². The molecule has 1 aromatic heterocycles. The van der Waals surface area contributed by atoms with Crippen molar-refractivity contribution in [3.63, 3.8) is 0 Å². The molecule has 1 aromatic carbocycles. The first kappa shape index (κ1) is 17.3. The molecule has 9 heteroatoms. The molecule has 0 aliphatic heterocycles.